The maximum absolute atomic E-state index is 6.96. The van der Waals surface area contributed by atoms with Crippen molar-refractivity contribution in [2.24, 2.45) is 0 Å². The molecule has 4 aliphatic rings. The first-order valence-electron chi connectivity index (χ1n) is 15.7. The van der Waals surface area contributed by atoms with E-state index in [1.165, 1.54) is 22.3 Å². The summed E-state index contributed by atoms with van der Waals surface area (Å²) in [6, 6.07) is 21.0. The summed E-state index contributed by atoms with van der Waals surface area (Å²) in [4.78, 5) is 2.40. The van der Waals surface area contributed by atoms with Gasteiger partial charge >= 0.3 is 0 Å². The summed E-state index contributed by atoms with van der Waals surface area (Å²) in [6.45, 7) is 1.96. The molecule has 1 N–H and O–H groups in total. The highest BCUT2D eigenvalue weighted by molar-refractivity contribution is 5.64. The van der Waals surface area contributed by atoms with E-state index in [9.17, 15) is 0 Å². The number of likely N-dealkylation sites (N-methyl/N-ethyl adjacent to an activating group) is 2. The summed E-state index contributed by atoms with van der Waals surface area (Å²) in [5.74, 6) is 5.65. The van der Waals surface area contributed by atoms with Gasteiger partial charge in [0.25, 0.3) is 0 Å². The van der Waals surface area contributed by atoms with Gasteiger partial charge in [-0.3, -0.25) is 4.90 Å². The second-order valence-corrected chi connectivity index (χ2v) is 11.9. The molecule has 234 valence electrons. The Kier molecular flexibility index (Phi) is 8.17. The van der Waals surface area contributed by atoms with Crippen LogP contribution < -0.4 is 33.7 Å². The maximum Gasteiger partial charge on any atom is 0.231 e. The molecule has 4 aromatic carbocycles. The van der Waals surface area contributed by atoms with Crippen LogP contribution in [-0.4, -0.2) is 53.1 Å². The molecule has 0 fully saturated rings. The standard InChI is InChI=1S/C37H40N2O6/c1-38-15-13-26-19-31(41-4)33-20-25(26)9-5-24-8-12-30(40-3)32(18-24)44-28-10-6-23(7-11-28)17-29-35-27(14-16-39(29)2)21-34-36(37(35)45-33)43-22-42-34/h6-8,10-12,18-21,29,38H,5,9,13-17,22H2,1-4H3/t29-/m0/s1. The molecule has 0 unspecified atom stereocenters. The average molecular weight is 609 g/mol. The van der Waals surface area contributed by atoms with Crippen molar-refractivity contribution in [2.45, 2.75) is 38.1 Å². The minimum Gasteiger partial charge on any atom is -0.493 e. The highest BCUT2D eigenvalue weighted by atomic mass is 16.7. The summed E-state index contributed by atoms with van der Waals surface area (Å²) >= 11 is 0. The number of rotatable bonds is 5. The van der Waals surface area contributed by atoms with E-state index in [4.69, 9.17) is 28.4 Å². The molecule has 0 aliphatic carbocycles. The maximum atomic E-state index is 6.96. The van der Waals surface area contributed by atoms with Crippen molar-refractivity contribution in [1.82, 2.24) is 10.2 Å². The molecular formula is C37H40N2O6. The molecule has 8 rings (SSSR count). The minimum atomic E-state index is 0.0704. The highest BCUT2D eigenvalue weighted by Crippen LogP contribution is 2.52. The quantitative estimate of drug-likeness (QED) is 0.270. The molecule has 0 aromatic heterocycles. The van der Waals surface area contributed by atoms with Gasteiger partial charge in [-0.2, -0.15) is 0 Å². The molecule has 6 bridgehead atoms. The van der Waals surface area contributed by atoms with Gasteiger partial charge in [0, 0.05) is 18.2 Å². The van der Waals surface area contributed by atoms with Gasteiger partial charge in [0.15, 0.2) is 34.5 Å². The largest absolute Gasteiger partial charge is 0.493 e. The summed E-state index contributed by atoms with van der Waals surface area (Å²) in [5.41, 5.74) is 7.16. The Labute approximate surface area is 264 Å². The molecule has 0 radical (unpaired) electrons. The number of nitrogens with zero attached hydrogens (tertiary/aromatic N) is 1. The SMILES string of the molecule is CNCCc1cc(OC)c2cc1CCc1ccc(OC)c(c1)Oc1ccc(cc1)C[C@H]1c3c(cc4c(c3O2)OCO4)CCN1C. The number of methoxy groups -OCH3 is 2. The normalized spacial score (nSPS) is 17.0. The van der Waals surface area contributed by atoms with E-state index < -0.39 is 0 Å². The third-order valence-corrected chi connectivity index (χ3v) is 9.18. The Morgan fingerprint density at radius 3 is 2.36 bits per heavy atom. The Morgan fingerprint density at radius 2 is 1.56 bits per heavy atom. The first-order valence-corrected chi connectivity index (χ1v) is 15.7. The number of fused-ring (bicyclic) bond motifs is 4. The van der Waals surface area contributed by atoms with Gasteiger partial charge < -0.3 is 33.7 Å². The zero-order valence-electron chi connectivity index (χ0n) is 26.4. The zero-order valence-corrected chi connectivity index (χ0v) is 26.4. The Bertz CT molecular complexity index is 1700. The molecule has 0 spiro atoms. The summed E-state index contributed by atoms with van der Waals surface area (Å²) < 4.78 is 37.0. The molecule has 0 amide bonds. The van der Waals surface area contributed by atoms with Crippen LogP contribution in [0.15, 0.2) is 60.7 Å². The number of aryl methyl sites for hydroxylation is 2. The lowest BCUT2D eigenvalue weighted by molar-refractivity contribution is 0.171. The fraction of sp³-hybridized carbons (Fsp3) is 0.351. The van der Waals surface area contributed by atoms with Crippen LogP contribution in [0.3, 0.4) is 0 Å². The summed E-state index contributed by atoms with van der Waals surface area (Å²) in [6.07, 6.45) is 4.19. The summed E-state index contributed by atoms with van der Waals surface area (Å²) in [7, 11) is 7.53. The van der Waals surface area contributed by atoms with Crippen LogP contribution in [0.5, 0.6) is 46.0 Å². The van der Waals surface area contributed by atoms with Gasteiger partial charge in [-0.05, 0) is 123 Å². The van der Waals surface area contributed by atoms with Crippen molar-refractivity contribution >= 4 is 0 Å². The van der Waals surface area contributed by atoms with Crippen molar-refractivity contribution in [1.29, 1.82) is 0 Å². The average Bonchev–Trinajstić information content (AvgIpc) is 3.53. The van der Waals surface area contributed by atoms with Crippen LogP contribution in [0.2, 0.25) is 0 Å². The molecule has 8 nitrogen and oxygen atoms in total. The number of hydrogen-bond acceptors (Lipinski definition) is 8. The molecule has 4 aromatic rings. The molecule has 4 aliphatic heterocycles. The number of hydrogen-bond donors (Lipinski definition) is 1. The molecule has 0 saturated carbocycles. The zero-order chi connectivity index (χ0) is 30.9. The fourth-order valence-electron chi connectivity index (χ4n) is 6.68. The topological polar surface area (TPSA) is 70.7 Å². The summed E-state index contributed by atoms with van der Waals surface area (Å²) in [5, 5.41) is 3.29. The van der Waals surface area contributed by atoms with E-state index in [0.717, 1.165) is 67.8 Å². The van der Waals surface area contributed by atoms with Crippen LogP contribution in [0.4, 0.5) is 0 Å². The molecule has 1 atom stereocenters. The van der Waals surface area contributed by atoms with E-state index in [-0.39, 0.29) is 12.8 Å². The van der Waals surface area contributed by atoms with Crippen molar-refractivity contribution in [2.75, 3.05) is 48.2 Å². The molecule has 4 heterocycles. The van der Waals surface area contributed by atoms with Crippen LogP contribution in [0.25, 0.3) is 0 Å². The molecule has 0 saturated heterocycles. The Hall–Kier alpha value is -4.40. The van der Waals surface area contributed by atoms with E-state index >= 15 is 0 Å². The number of benzene rings is 4. The van der Waals surface area contributed by atoms with E-state index in [0.29, 0.717) is 34.5 Å². The monoisotopic (exact) mass is 608 g/mol. The predicted molar refractivity (Wildman–Crippen MR) is 173 cm³/mol. The third kappa shape index (κ3) is 5.76. The highest BCUT2D eigenvalue weighted by Gasteiger charge is 2.35. The van der Waals surface area contributed by atoms with E-state index in [2.05, 4.69) is 59.7 Å². The van der Waals surface area contributed by atoms with E-state index in [1.807, 2.05) is 25.2 Å². The van der Waals surface area contributed by atoms with Gasteiger partial charge in [0.1, 0.15) is 5.75 Å². The first-order chi connectivity index (χ1) is 22.0. The van der Waals surface area contributed by atoms with Gasteiger partial charge in [0.05, 0.1) is 14.2 Å². The number of ether oxygens (including phenoxy) is 6. The van der Waals surface area contributed by atoms with Crippen molar-refractivity contribution < 1.29 is 28.4 Å². The van der Waals surface area contributed by atoms with Crippen LogP contribution in [0.1, 0.15) is 39.4 Å². The van der Waals surface area contributed by atoms with Crippen molar-refractivity contribution in [3.8, 4) is 46.0 Å². The fourth-order valence-corrected chi connectivity index (χ4v) is 6.68. The van der Waals surface area contributed by atoms with Crippen LogP contribution >= 0.6 is 0 Å². The van der Waals surface area contributed by atoms with Gasteiger partial charge in [0.2, 0.25) is 12.5 Å². The second-order valence-electron chi connectivity index (χ2n) is 11.9. The van der Waals surface area contributed by atoms with Crippen molar-refractivity contribution in [3.63, 3.8) is 0 Å². The first kappa shape index (κ1) is 29.3. The number of nitrogens with one attached hydrogen (secondary N) is 1. The third-order valence-electron chi connectivity index (χ3n) is 9.18. The molecule has 8 heteroatoms. The van der Waals surface area contributed by atoms with Gasteiger partial charge in [-0.15, -0.1) is 0 Å². The predicted octanol–water partition coefficient (Wildman–Crippen LogP) is 6.65. The smallest absolute Gasteiger partial charge is 0.231 e. The van der Waals surface area contributed by atoms with Gasteiger partial charge in [-0.1, -0.05) is 18.2 Å². The second kappa shape index (κ2) is 12.5. The van der Waals surface area contributed by atoms with E-state index in [1.54, 1.807) is 14.2 Å². The minimum absolute atomic E-state index is 0.0704. The van der Waals surface area contributed by atoms with Crippen LogP contribution in [0, 0.1) is 0 Å². The molecular weight excluding hydrogens is 568 g/mol. The van der Waals surface area contributed by atoms with Gasteiger partial charge in [-0.25, -0.2) is 0 Å². The lowest BCUT2D eigenvalue weighted by Crippen LogP contribution is -2.33. The lowest BCUT2D eigenvalue weighted by atomic mass is 9.87. The van der Waals surface area contributed by atoms with Crippen LogP contribution in [-0.2, 0) is 32.1 Å². The van der Waals surface area contributed by atoms with Crippen molar-refractivity contribution in [3.05, 3.63) is 94.0 Å². The lowest BCUT2D eigenvalue weighted by Gasteiger charge is -2.36. The molecule has 45 heavy (non-hydrogen) atoms. The Balaban J connectivity index is 1.40. The Morgan fingerprint density at radius 1 is 0.778 bits per heavy atom.